The van der Waals surface area contributed by atoms with Crippen molar-refractivity contribution in [2.45, 2.75) is 58.7 Å². The van der Waals surface area contributed by atoms with Gasteiger partial charge in [-0.2, -0.15) is 0 Å². The minimum absolute atomic E-state index is 0.0825. The molecule has 0 heterocycles. The van der Waals surface area contributed by atoms with Crippen LogP contribution in [-0.4, -0.2) is 14.3 Å². The molecular weight excluding hydrogens is 204 g/mol. The van der Waals surface area contributed by atoms with Gasteiger partial charge in [-0.05, 0) is 32.5 Å². The van der Waals surface area contributed by atoms with Crippen molar-refractivity contribution in [1.29, 1.82) is 0 Å². The molecule has 0 fully saturated rings. The Morgan fingerprint density at radius 2 is 1.87 bits per heavy atom. The van der Waals surface area contributed by atoms with E-state index < -0.39 is 8.32 Å². The van der Waals surface area contributed by atoms with Crippen LogP contribution in [0.1, 0.15) is 39.0 Å². The summed E-state index contributed by atoms with van der Waals surface area (Å²) in [5.41, 5.74) is 0. The van der Waals surface area contributed by atoms with Gasteiger partial charge in [0.05, 0.1) is 6.42 Å². The molecule has 0 amide bonds. The Bertz CT molecular complexity index is 204. The zero-order valence-corrected chi connectivity index (χ0v) is 11.5. The van der Waals surface area contributed by atoms with Gasteiger partial charge in [-0.15, -0.1) is 0 Å². The summed E-state index contributed by atoms with van der Waals surface area (Å²) in [7, 11) is -1.68. The molecule has 0 unspecified atom stereocenters. The van der Waals surface area contributed by atoms with Gasteiger partial charge in [0.2, 0.25) is 8.32 Å². The third-order valence-corrected chi connectivity index (χ3v) is 2.69. The van der Waals surface area contributed by atoms with Gasteiger partial charge in [-0.1, -0.05) is 31.9 Å². The molecule has 0 saturated heterocycles. The van der Waals surface area contributed by atoms with E-state index in [0.29, 0.717) is 6.42 Å². The predicted octanol–water partition coefficient (Wildman–Crippen LogP) is 3.89. The number of carbonyl (C=O) groups excluding carboxylic acids is 1. The molecule has 0 aliphatic rings. The first-order chi connectivity index (χ1) is 6.95. The van der Waals surface area contributed by atoms with Gasteiger partial charge in [0.1, 0.15) is 0 Å². The fourth-order valence-electron chi connectivity index (χ4n) is 1.19. The monoisotopic (exact) mass is 228 g/mol. The van der Waals surface area contributed by atoms with Crippen molar-refractivity contribution < 1.29 is 9.22 Å². The highest BCUT2D eigenvalue weighted by Gasteiger charge is 2.18. The Morgan fingerprint density at radius 3 is 2.40 bits per heavy atom. The summed E-state index contributed by atoms with van der Waals surface area (Å²) in [6, 6.07) is 0. The van der Waals surface area contributed by atoms with Crippen molar-refractivity contribution in [2.24, 2.45) is 0 Å². The highest BCUT2D eigenvalue weighted by molar-refractivity contribution is 6.71. The average molecular weight is 228 g/mol. The first-order valence-electron chi connectivity index (χ1n) is 5.82. The summed E-state index contributed by atoms with van der Waals surface area (Å²) >= 11 is 0. The zero-order chi connectivity index (χ0) is 11.7. The summed E-state index contributed by atoms with van der Waals surface area (Å²) in [6.45, 7) is 8.26. The Kier molecular flexibility index (Phi) is 7.39. The molecule has 0 radical (unpaired) electrons. The molecule has 2 nitrogen and oxygen atoms in total. The summed E-state index contributed by atoms with van der Waals surface area (Å²) in [6.07, 6.45) is 9.25. The summed E-state index contributed by atoms with van der Waals surface area (Å²) in [5.74, 6) is -0.0825. The molecule has 0 N–H and O–H groups in total. The lowest BCUT2D eigenvalue weighted by Gasteiger charge is -2.16. The van der Waals surface area contributed by atoms with Gasteiger partial charge in [0, 0.05) is 0 Å². The van der Waals surface area contributed by atoms with E-state index in [-0.39, 0.29) is 5.97 Å². The van der Waals surface area contributed by atoms with E-state index in [9.17, 15) is 4.79 Å². The third kappa shape index (κ3) is 11.4. The quantitative estimate of drug-likeness (QED) is 0.375. The number of unbranched alkanes of at least 4 members (excludes halogenated alkanes) is 3. The average Bonchev–Trinajstić information content (AvgIpc) is 2.08. The lowest BCUT2D eigenvalue weighted by atomic mass is 10.2. The maximum atomic E-state index is 11.3. The molecule has 0 bridgehead atoms. The lowest BCUT2D eigenvalue weighted by Crippen LogP contribution is -2.28. The van der Waals surface area contributed by atoms with E-state index in [1.807, 2.05) is 25.7 Å². The number of carbonyl (C=O) groups is 1. The van der Waals surface area contributed by atoms with Crippen molar-refractivity contribution in [3.8, 4) is 0 Å². The Hall–Kier alpha value is -0.573. The van der Waals surface area contributed by atoms with Crippen LogP contribution in [0.25, 0.3) is 0 Å². The van der Waals surface area contributed by atoms with E-state index in [4.69, 9.17) is 4.43 Å². The van der Waals surface area contributed by atoms with E-state index in [2.05, 4.69) is 13.0 Å². The van der Waals surface area contributed by atoms with E-state index >= 15 is 0 Å². The van der Waals surface area contributed by atoms with Crippen LogP contribution in [0.5, 0.6) is 0 Å². The maximum Gasteiger partial charge on any atom is 0.296 e. The summed E-state index contributed by atoms with van der Waals surface area (Å²) < 4.78 is 5.31. The van der Waals surface area contributed by atoms with Crippen LogP contribution in [0.2, 0.25) is 19.6 Å². The van der Waals surface area contributed by atoms with Gasteiger partial charge in [0.25, 0.3) is 5.97 Å². The molecule has 0 aliphatic carbocycles. The van der Waals surface area contributed by atoms with E-state index in [0.717, 1.165) is 6.42 Å². The van der Waals surface area contributed by atoms with Crippen LogP contribution in [0.15, 0.2) is 12.2 Å². The Morgan fingerprint density at radius 1 is 1.20 bits per heavy atom. The van der Waals surface area contributed by atoms with Crippen molar-refractivity contribution in [3.63, 3.8) is 0 Å². The second-order valence-electron chi connectivity index (χ2n) is 4.76. The van der Waals surface area contributed by atoms with Crippen molar-refractivity contribution >= 4 is 14.3 Å². The van der Waals surface area contributed by atoms with Gasteiger partial charge in [0.15, 0.2) is 0 Å². The highest BCUT2D eigenvalue weighted by Crippen LogP contribution is 2.05. The standard InChI is InChI=1S/C12H24O2Si/c1-5-6-7-8-9-10-11-12(13)14-15(2,3)4/h9-10H,5-8,11H2,1-4H3/b10-9+. The smallest absolute Gasteiger partial charge is 0.296 e. The zero-order valence-electron chi connectivity index (χ0n) is 10.5. The number of hydrogen-bond acceptors (Lipinski definition) is 2. The molecule has 15 heavy (non-hydrogen) atoms. The molecule has 0 rings (SSSR count). The van der Waals surface area contributed by atoms with Crippen molar-refractivity contribution in [2.75, 3.05) is 0 Å². The molecular formula is C12H24O2Si. The first-order valence-corrected chi connectivity index (χ1v) is 9.23. The van der Waals surface area contributed by atoms with Gasteiger partial charge >= 0.3 is 0 Å². The second-order valence-corrected chi connectivity index (χ2v) is 9.19. The molecule has 0 atom stereocenters. The summed E-state index contributed by atoms with van der Waals surface area (Å²) in [4.78, 5) is 11.3. The number of allylic oxidation sites excluding steroid dienone is 1. The fourth-order valence-corrected chi connectivity index (χ4v) is 1.96. The first kappa shape index (κ1) is 14.4. The van der Waals surface area contributed by atoms with Gasteiger partial charge in [-0.3, -0.25) is 4.79 Å². The largest absolute Gasteiger partial charge is 0.520 e. The molecule has 3 heteroatoms. The maximum absolute atomic E-state index is 11.3. The van der Waals surface area contributed by atoms with Crippen LogP contribution in [-0.2, 0) is 9.22 Å². The minimum atomic E-state index is -1.68. The van der Waals surface area contributed by atoms with Gasteiger partial charge in [-0.25, -0.2) is 0 Å². The molecule has 0 aromatic rings. The highest BCUT2D eigenvalue weighted by atomic mass is 28.4. The van der Waals surface area contributed by atoms with Crippen LogP contribution in [0.4, 0.5) is 0 Å². The Balaban J connectivity index is 3.54. The van der Waals surface area contributed by atoms with Crippen LogP contribution < -0.4 is 0 Å². The molecule has 0 aromatic carbocycles. The van der Waals surface area contributed by atoms with Crippen LogP contribution >= 0.6 is 0 Å². The molecule has 88 valence electrons. The van der Waals surface area contributed by atoms with E-state index in [1.165, 1.54) is 19.3 Å². The fraction of sp³-hybridized carbons (Fsp3) is 0.750. The third-order valence-electron chi connectivity index (χ3n) is 1.85. The van der Waals surface area contributed by atoms with Crippen molar-refractivity contribution in [3.05, 3.63) is 12.2 Å². The SMILES string of the molecule is CCCCC/C=C/CC(=O)O[Si](C)(C)C. The second kappa shape index (κ2) is 7.68. The Labute approximate surface area is 94.8 Å². The van der Waals surface area contributed by atoms with Crippen molar-refractivity contribution in [1.82, 2.24) is 0 Å². The lowest BCUT2D eigenvalue weighted by molar-refractivity contribution is -0.134. The molecule has 0 spiro atoms. The van der Waals surface area contributed by atoms with E-state index in [1.54, 1.807) is 0 Å². The number of rotatable bonds is 7. The minimum Gasteiger partial charge on any atom is -0.520 e. The topological polar surface area (TPSA) is 26.3 Å². The number of hydrogen-bond donors (Lipinski definition) is 0. The predicted molar refractivity (Wildman–Crippen MR) is 67.3 cm³/mol. The molecule has 0 aliphatic heterocycles. The molecule has 0 aromatic heterocycles. The summed E-state index contributed by atoms with van der Waals surface area (Å²) in [5, 5.41) is 0. The van der Waals surface area contributed by atoms with Crippen LogP contribution in [0, 0.1) is 0 Å². The molecule has 0 saturated carbocycles. The van der Waals surface area contributed by atoms with Crippen LogP contribution in [0.3, 0.4) is 0 Å². The normalized spacial score (nSPS) is 12.0. The van der Waals surface area contributed by atoms with Gasteiger partial charge < -0.3 is 4.43 Å².